The van der Waals surface area contributed by atoms with Gasteiger partial charge in [0.25, 0.3) is 5.91 Å². The van der Waals surface area contributed by atoms with Gasteiger partial charge in [0.15, 0.2) is 11.6 Å². The molecule has 3 rings (SSSR count). The van der Waals surface area contributed by atoms with Crippen molar-refractivity contribution in [2.45, 2.75) is 44.6 Å². The van der Waals surface area contributed by atoms with Crippen LogP contribution in [0, 0.1) is 11.7 Å². The van der Waals surface area contributed by atoms with Crippen LogP contribution in [0.5, 0.6) is 5.75 Å². The highest BCUT2D eigenvalue weighted by Gasteiger charge is 2.37. The van der Waals surface area contributed by atoms with Gasteiger partial charge in [-0.15, -0.1) is 0 Å². The zero-order valence-electron chi connectivity index (χ0n) is 15.2. The fourth-order valence-corrected chi connectivity index (χ4v) is 3.98. The number of benzene rings is 1. The summed E-state index contributed by atoms with van der Waals surface area (Å²) >= 11 is 5.98. The van der Waals surface area contributed by atoms with Crippen LogP contribution in [-0.4, -0.2) is 36.5 Å². The minimum atomic E-state index is -0.668. The maximum Gasteiger partial charge on any atom is 0.328 e. The Labute approximate surface area is 163 Å². The Morgan fingerprint density at radius 1 is 1.33 bits per heavy atom. The van der Waals surface area contributed by atoms with Gasteiger partial charge >= 0.3 is 5.97 Å². The quantitative estimate of drug-likeness (QED) is 0.680. The number of hydrogen-bond acceptors (Lipinski definition) is 4. The normalized spacial score (nSPS) is 19.0. The fraction of sp³-hybridized carbons (Fsp3) is 0.500. The van der Waals surface area contributed by atoms with E-state index in [4.69, 9.17) is 21.1 Å². The van der Waals surface area contributed by atoms with Crippen LogP contribution < -0.4 is 4.74 Å². The highest BCUT2D eigenvalue weighted by molar-refractivity contribution is 6.32. The molecule has 2 aliphatic rings. The van der Waals surface area contributed by atoms with Crippen molar-refractivity contribution in [2.75, 3.05) is 13.7 Å². The Balaban J connectivity index is 1.72. The Morgan fingerprint density at radius 2 is 2.07 bits per heavy atom. The fourth-order valence-electron chi connectivity index (χ4n) is 3.77. The molecule has 1 heterocycles. The van der Waals surface area contributed by atoms with Gasteiger partial charge in [0.05, 0.1) is 18.7 Å². The van der Waals surface area contributed by atoms with Crippen molar-refractivity contribution in [1.29, 1.82) is 0 Å². The van der Waals surface area contributed by atoms with Crippen LogP contribution in [0.4, 0.5) is 4.39 Å². The minimum Gasteiger partial charge on any atom is -0.467 e. The molecule has 1 aromatic rings. The summed E-state index contributed by atoms with van der Waals surface area (Å²) in [6.45, 7) is 0.0793. The van der Waals surface area contributed by atoms with Crippen molar-refractivity contribution in [1.82, 2.24) is 4.90 Å². The molecule has 0 N–H and O–H groups in total. The van der Waals surface area contributed by atoms with Crippen LogP contribution >= 0.6 is 11.6 Å². The maximum atomic E-state index is 13.9. The number of amides is 1. The van der Waals surface area contributed by atoms with Gasteiger partial charge in [-0.1, -0.05) is 49.8 Å². The molecule has 1 fully saturated rings. The number of nitrogens with zero attached hydrogens (tertiary/aromatic N) is 1. The number of hydrogen-bond donors (Lipinski definition) is 0. The van der Waals surface area contributed by atoms with Gasteiger partial charge in [-0.3, -0.25) is 4.79 Å². The molecule has 1 aliphatic heterocycles. The Bertz CT molecular complexity index is 725. The largest absolute Gasteiger partial charge is 0.467 e. The lowest BCUT2D eigenvalue weighted by molar-refractivity contribution is -0.151. The summed E-state index contributed by atoms with van der Waals surface area (Å²) in [5.74, 6) is -0.870. The maximum absolute atomic E-state index is 13.9. The number of ether oxygens (including phenoxy) is 2. The smallest absolute Gasteiger partial charge is 0.328 e. The third kappa shape index (κ3) is 4.61. The van der Waals surface area contributed by atoms with E-state index in [1.54, 1.807) is 0 Å². The van der Waals surface area contributed by atoms with Crippen molar-refractivity contribution in [3.8, 4) is 5.75 Å². The molecule has 0 bridgehead atoms. The molecule has 0 spiro atoms. The van der Waals surface area contributed by atoms with Crippen LogP contribution in [0.1, 0.15) is 38.5 Å². The Kier molecular flexibility index (Phi) is 6.37. The summed E-state index contributed by atoms with van der Waals surface area (Å²) in [6, 6.07) is 3.55. The molecular weight excluding hydrogens is 373 g/mol. The van der Waals surface area contributed by atoms with Gasteiger partial charge in [0.1, 0.15) is 11.8 Å². The van der Waals surface area contributed by atoms with Crippen molar-refractivity contribution in [2.24, 2.45) is 5.92 Å². The number of halogens is 2. The van der Waals surface area contributed by atoms with Crippen LogP contribution in [0.3, 0.4) is 0 Å². The van der Waals surface area contributed by atoms with E-state index in [0.29, 0.717) is 12.3 Å². The molecule has 7 heteroatoms. The molecule has 1 aliphatic carbocycles. The van der Waals surface area contributed by atoms with Crippen LogP contribution in [0.25, 0.3) is 0 Å². The van der Waals surface area contributed by atoms with Gasteiger partial charge in [0.2, 0.25) is 0 Å². The van der Waals surface area contributed by atoms with Crippen molar-refractivity contribution >= 4 is 23.5 Å². The molecule has 0 aromatic heterocycles. The highest BCUT2D eigenvalue weighted by atomic mass is 35.5. The second-order valence-corrected chi connectivity index (χ2v) is 7.42. The molecule has 1 aromatic carbocycles. The van der Waals surface area contributed by atoms with Gasteiger partial charge in [0, 0.05) is 6.08 Å². The molecule has 1 amide bonds. The van der Waals surface area contributed by atoms with E-state index in [1.165, 1.54) is 42.7 Å². The van der Waals surface area contributed by atoms with E-state index in [2.05, 4.69) is 0 Å². The lowest BCUT2D eigenvalue weighted by Crippen LogP contribution is -2.44. The second kappa shape index (κ2) is 8.74. The van der Waals surface area contributed by atoms with E-state index in [0.717, 1.165) is 25.7 Å². The number of esters is 1. The summed E-state index contributed by atoms with van der Waals surface area (Å²) < 4.78 is 24.4. The van der Waals surface area contributed by atoms with Crippen molar-refractivity contribution in [3.05, 3.63) is 40.9 Å². The number of rotatable bonds is 6. The van der Waals surface area contributed by atoms with E-state index in [-0.39, 0.29) is 29.0 Å². The number of methoxy groups -OCH3 is 1. The molecule has 0 saturated heterocycles. The third-order valence-electron chi connectivity index (χ3n) is 5.18. The minimum absolute atomic E-state index is 0.0793. The summed E-state index contributed by atoms with van der Waals surface area (Å²) in [5.41, 5.74) is 0. The molecule has 5 nitrogen and oxygen atoms in total. The summed E-state index contributed by atoms with van der Waals surface area (Å²) in [7, 11) is 1.32. The molecule has 1 unspecified atom stereocenters. The van der Waals surface area contributed by atoms with Crippen LogP contribution in [0.2, 0.25) is 5.02 Å². The second-order valence-electron chi connectivity index (χ2n) is 7.01. The summed E-state index contributed by atoms with van der Waals surface area (Å²) in [4.78, 5) is 26.2. The first-order valence-corrected chi connectivity index (χ1v) is 9.58. The molecule has 1 saturated carbocycles. The average Bonchev–Trinajstić information content (AvgIpc) is 3.03. The number of carbonyl (C=O) groups excluding carboxylic acids is 2. The van der Waals surface area contributed by atoms with Gasteiger partial charge in [-0.2, -0.15) is 0 Å². The van der Waals surface area contributed by atoms with E-state index < -0.39 is 17.8 Å². The number of carbonyl (C=O) groups is 2. The first-order chi connectivity index (χ1) is 13.0. The molecular formula is C20H23ClFNO4. The standard InChI is InChI=1S/C20H23ClFNO4/c1-26-20(25)17(10-13-6-3-2-4-7-13)23-12-14(11-18(23)24)27-19-15(21)8-5-9-16(19)22/h5,8-9,11,13,17H,2-4,6-7,10,12H2,1H3. The van der Waals surface area contributed by atoms with Crippen LogP contribution in [0.15, 0.2) is 30.0 Å². The molecule has 27 heavy (non-hydrogen) atoms. The van der Waals surface area contributed by atoms with Gasteiger partial charge in [-0.25, -0.2) is 9.18 Å². The van der Waals surface area contributed by atoms with Crippen LogP contribution in [-0.2, 0) is 14.3 Å². The SMILES string of the molecule is COC(=O)C(CC1CCCCC1)N1CC(Oc2c(F)cccc2Cl)=CC1=O. The lowest BCUT2D eigenvalue weighted by Gasteiger charge is -2.30. The molecule has 0 radical (unpaired) electrons. The predicted molar refractivity (Wildman–Crippen MR) is 98.8 cm³/mol. The first-order valence-electron chi connectivity index (χ1n) is 9.20. The predicted octanol–water partition coefficient (Wildman–Crippen LogP) is 4.10. The van der Waals surface area contributed by atoms with Gasteiger partial charge in [-0.05, 0) is 24.5 Å². The summed E-state index contributed by atoms with van der Waals surface area (Å²) in [6.07, 6.45) is 7.45. The summed E-state index contributed by atoms with van der Waals surface area (Å²) in [5, 5.41) is 0.119. The Morgan fingerprint density at radius 3 is 2.74 bits per heavy atom. The molecule has 146 valence electrons. The number of para-hydroxylation sites is 1. The van der Waals surface area contributed by atoms with E-state index >= 15 is 0 Å². The lowest BCUT2D eigenvalue weighted by atomic mass is 9.84. The van der Waals surface area contributed by atoms with Crippen molar-refractivity contribution in [3.63, 3.8) is 0 Å². The zero-order chi connectivity index (χ0) is 19.4. The third-order valence-corrected chi connectivity index (χ3v) is 5.47. The van der Waals surface area contributed by atoms with E-state index in [9.17, 15) is 14.0 Å². The molecule has 1 atom stereocenters. The first kappa shape index (κ1) is 19.7. The van der Waals surface area contributed by atoms with E-state index in [1.807, 2.05) is 0 Å². The average molecular weight is 396 g/mol. The monoisotopic (exact) mass is 395 g/mol. The Hall–Kier alpha value is -2.08. The van der Waals surface area contributed by atoms with Crippen molar-refractivity contribution < 1.29 is 23.5 Å². The van der Waals surface area contributed by atoms with Gasteiger partial charge < -0.3 is 14.4 Å². The highest BCUT2D eigenvalue weighted by Crippen LogP contribution is 2.32. The zero-order valence-corrected chi connectivity index (χ0v) is 16.0. The topological polar surface area (TPSA) is 55.8 Å².